The largest absolute Gasteiger partial charge is 0.493 e. The van der Waals surface area contributed by atoms with Gasteiger partial charge in [0.2, 0.25) is 5.91 Å². The van der Waals surface area contributed by atoms with Crippen LogP contribution in [0.4, 0.5) is 5.69 Å². The van der Waals surface area contributed by atoms with Gasteiger partial charge in [0.1, 0.15) is 0 Å². The van der Waals surface area contributed by atoms with Crippen LogP contribution in [0.25, 0.3) is 0 Å². The molecule has 0 bridgehead atoms. The van der Waals surface area contributed by atoms with E-state index in [1.54, 1.807) is 14.2 Å². The zero-order chi connectivity index (χ0) is 19.7. The van der Waals surface area contributed by atoms with Gasteiger partial charge in [0.25, 0.3) is 0 Å². The summed E-state index contributed by atoms with van der Waals surface area (Å²) in [5.74, 6) is 1.76. The molecule has 0 radical (unpaired) electrons. The maximum absolute atomic E-state index is 11.7. The van der Waals surface area contributed by atoms with Crippen molar-refractivity contribution in [1.82, 2.24) is 0 Å². The number of nitrogens with zero attached hydrogens (tertiary/aromatic N) is 1. The number of rotatable bonds is 4. The summed E-state index contributed by atoms with van der Waals surface area (Å²) in [5, 5.41) is 2.95. The number of aliphatic imine (C=N–C) groups is 1. The van der Waals surface area contributed by atoms with E-state index in [4.69, 9.17) is 14.5 Å². The fraction of sp³-hybridized carbons (Fsp3) is 0.391. The van der Waals surface area contributed by atoms with Crippen molar-refractivity contribution in [2.24, 2.45) is 4.99 Å². The van der Waals surface area contributed by atoms with E-state index in [1.165, 1.54) is 25.3 Å². The predicted octanol–water partition coefficient (Wildman–Crippen LogP) is 4.54. The second-order valence-corrected chi connectivity index (χ2v) is 7.46. The first-order chi connectivity index (χ1) is 13.6. The Morgan fingerprint density at radius 2 is 1.75 bits per heavy atom. The lowest BCUT2D eigenvalue weighted by atomic mass is 9.75. The summed E-state index contributed by atoms with van der Waals surface area (Å²) in [6.45, 7) is 1.53. The maximum atomic E-state index is 11.7. The summed E-state index contributed by atoms with van der Waals surface area (Å²) in [4.78, 5) is 16.9. The van der Waals surface area contributed by atoms with Crippen LogP contribution in [0.1, 0.15) is 55.2 Å². The number of nitrogens with one attached hydrogen (secondary N) is 1. The minimum Gasteiger partial charge on any atom is -0.493 e. The van der Waals surface area contributed by atoms with Crippen molar-refractivity contribution < 1.29 is 14.3 Å². The number of ether oxygens (including phenoxy) is 2. The molecule has 5 heteroatoms. The topological polar surface area (TPSA) is 59.9 Å². The smallest absolute Gasteiger partial charge is 0.221 e. The van der Waals surface area contributed by atoms with Crippen LogP contribution in [0.2, 0.25) is 0 Å². The lowest BCUT2D eigenvalue weighted by Gasteiger charge is -2.36. The monoisotopic (exact) mass is 378 g/mol. The zero-order valence-corrected chi connectivity index (χ0v) is 16.6. The molecule has 146 valence electrons. The second-order valence-electron chi connectivity index (χ2n) is 7.46. The molecular weight excluding hydrogens is 352 g/mol. The molecule has 1 fully saturated rings. The van der Waals surface area contributed by atoms with Gasteiger partial charge in [-0.1, -0.05) is 31.0 Å². The highest BCUT2D eigenvalue weighted by molar-refractivity contribution is 6.18. The predicted molar refractivity (Wildman–Crippen MR) is 111 cm³/mol. The Labute approximate surface area is 165 Å². The molecule has 28 heavy (non-hydrogen) atoms. The third-order valence-corrected chi connectivity index (χ3v) is 5.73. The fourth-order valence-electron chi connectivity index (χ4n) is 4.47. The molecule has 0 spiro atoms. The lowest BCUT2D eigenvalue weighted by Crippen LogP contribution is -2.30. The van der Waals surface area contributed by atoms with E-state index >= 15 is 0 Å². The van der Waals surface area contributed by atoms with Gasteiger partial charge in [-0.15, -0.1) is 0 Å². The molecule has 0 aromatic heterocycles. The average molecular weight is 378 g/mol. The first-order valence-corrected chi connectivity index (χ1v) is 9.83. The molecule has 1 saturated carbocycles. The van der Waals surface area contributed by atoms with Crippen LogP contribution < -0.4 is 14.8 Å². The molecule has 2 aliphatic rings. The Hall–Kier alpha value is -2.82. The molecule has 2 atom stereocenters. The van der Waals surface area contributed by atoms with Crippen molar-refractivity contribution in [2.75, 3.05) is 19.5 Å². The quantitative estimate of drug-likeness (QED) is 0.850. The van der Waals surface area contributed by atoms with E-state index in [-0.39, 0.29) is 11.9 Å². The van der Waals surface area contributed by atoms with Crippen LogP contribution in [-0.2, 0) is 4.79 Å². The van der Waals surface area contributed by atoms with Gasteiger partial charge in [-0.2, -0.15) is 0 Å². The number of hydrogen-bond acceptors (Lipinski definition) is 4. The Bertz CT molecular complexity index is 935. The van der Waals surface area contributed by atoms with E-state index in [0.29, 0.717) is 11.7 Å². The Morgan fingerprint density at radius 3 is 2.50 bits per heavy atom. The Morgan fingerprint density at radius 1 is 1.04 bits per heavy atom. The number of carbonyl (C=O) groups is 1. The molecule has 1 N–H and O–H groups in total. The SMILES string of the molecule is COc1cc2c(cc1OC)C1CCCCC1N=C2c1ccccc1NC(C)=O. The lowest BCUT2D eigenvalue weighted by molar-refractivity contribution is -0.114. The third-order valence-electron chi connectivity index (χ3n) is 5.73. The van der Waals surface area contributed by atoms with Crippen molar-refractivity contribution in [2.45, 2.75) is 44.6 Å². The Kier molecular flexibility index (Phi) is 5.07. The van der Waals surface area contributed by atoms with Gasteiger partial charge in [-0.25, -0.2) is 0 Å². The number of amides is 1. The van der Waals surface area contributed by atoms with Gasteiger partial charge in [0.15, 0.2) is 11.5 Å². The maximum Gasteiger partial charge on any atom is 0.221 e. The van der Waals surface area contributed by atoms with E-state index in [1.807, 2.05) is 30.3 Å². The van der Waals surface area contributed by atoms with Crippen LogP contribution in [-0.4, -0.2) is 31.9 Å². The van der Waals surface area contributed by atoms with Gasteiger partial charge in [0.05, 0.1) is 31.7 Å². The van der Waals surface area contributed by atoms with E-state index in [9.17, 15) is 4.79 Å². The van der Waals surface area contributed by atoms with Crippen LogP contribution in [0, 0.1) is 0 Å². The molecule has 5 nitrogen and oxygen atoms in total. The number of hydrogen-bond donors (Lipinski definition) is 1. The summed E-state index contributed by atoms with van der Waals surface area (Å²) >= 11 is 0. The molecule has 1 heterocycles. The number of methoxy groups -OCH3 is 2. The number of carbonyl (C=O) groups excluding carboxylic acids is 1. The highest BCUT2D eigenvalue weighted by atomic mass is 16.5. The Balaban J connectivity index is 1.91. The zero-order valence-electron chi connectivity index (χ0n) is 16.6. The van der Waals surface area contributed by atoms with Gasteiger partial charge in [-0.3, -0.25) is 9.79 Å². The van der Waals surface area contributed by atoms with Gasteiger partial charge in [0, 0.05) is 24.0 Å². The first-order valence-electron chi connectivity index (χ1n) is 9.83. The molecule has 2 aromatic carbocycles. The number of fused-ring (bicyclic) bond motifs is 3. The minimum atomic E-state index is -0.0908. The molecule has 4 rings (SSSR count). The number of anilines is 1. The van der Waals surface area contributed by atoms with Crippen LogP contribution >= 0.6 is 0 Å². The van der Waals surface area contributed by atoms with Crippen LogP contribution in [0.15, 0.2) is 41.4 Å². The molecular formula is C23H26N2O3. The highest BCUT2D eigenvalue weighted by Crippen LogP contribution is 2.45. The van der Waals surface area contributed by atoms with E-state index in [2.05, 4.69) is 11.4 Å². The van der Waals surface area contributed by atoms with Crippen LogP contribution in [0.5, 0.6) is 11.5 Å². The van der Waals surface area contributed by atoms with E-state index in [0.717, 1.165) is 41.1 Å². The summed E-state index contributed by atoms with van der Waals surface area (Å²) in [6.07, 6.45) is 4.65. The summed E-state index contributed by atoms with van der Waals surface area (Å²) in [5.41, 5.74) is 4.98. The van der Waals surface area contributed by atoms with Crippen molar-refractivity contribution in [3.8, 4) is 11.5 Å². The standard InChI is InChI=1S/C23H26N2O3/c1-14(26)24-20-11-7-5-9-16(20)23-18-13-22(28-3)21(27-2)12-17(18)15-8-4-6-10-19(15)25-23/h5,7,9,11-13,15,19H,4,6,8,10H2,1-3H3,(H,24,26). The normalized spacial score (nSPS) is 20.5. The molecule has 1 aliphatic heterocycles. The summed E-state index contributed by atoms with van der Waals surface area (Å²) in [6, 6.07) is 12.3. The van der Waals surface area contributed by atoms with Gasteiger partial charge in [-0.05, 0) is 36.6 Å². The molecule has 1 aliphatic carbocycles. The highest BCUT2D eigenvalue weighted by Gasteiger charge is 2.35. The minimum absolute atomic E-state index is 0.0908. The molecule has 2 unspecified atom stereocenters. The van der Waals surface area contributed by atoms with Crippen LogP contribution in [0.3, 0.4) is 0 Å². The molecule has 0 saturated heterocycles. The summed E-state index contributed by atoms with van der Waals surface area (Å²) in [7, 11) is 3.32. The third kappa shape index (κ3) is 3.26. The summed E-state index contributed by atoms with van der Waals surface area (Å²) < 4.78 is 11.1. The van der Waals surface area contributed by atoms with Crippen molar-refractivity contribution in [3.05, 3.63) is 53.1 Å². The van der Waals surface area contributed by atoms with Crippen molar-refractivity contribution >= 4 is 17.3 Å². The first kappa shape index (κ1) is 18.5. The van der Waals surface area contributed by atoms with Gasteiger partial charge >= 0.3 is 0 Å². The van der Waals surface area contributed by atoms with Crippen molar-refractivity contribution in [3.63, 3.8) is 0 Å². The number of benzene rings is 2. The second kappa shape index (κ2) is 7.66. The molecule has 1 amide bonds. The fourth-order valence-corrected chi connectivity index (χ4v) is 4.47. The van der Waals surface area contributed by atoms with Crippen molar-refractivity contribution in [1.29, 1.82) is 0 Å². The average Bonchev–Trinajstić information content (AvgIpc) is 2.72. The van der Waals surface area contributed by atoms with Gasteiger partial charge < -0.3 is 14.8 Å². The molecule has 2 aromatic rings. The van der Waals surface area contributed by atoms with E-state index < -0.39 is 0 Å². The number of para-hydroxylation sites is 1.